The van der Waals surface area contributed by atoms with Gasteiger partial charge in [0.25, 0.3) is 0 Å². The molecule has 0 N–H and O–H groups in total. The summed E-state index contributed by atoms with van der Waals surface area (Å²) in [6, 6.07) is 84.0. The van der Waals surface area contributed by atoms with Gasteiger partial charge in [0, 0.05) is 0 Å². The first-order valence-electron chi connectivity index (χ1n) is 20.8. The van der Waals surface area contributed by atoms with E-state index in [0.717, 1.165) is 0 Å². The molecule has 0 radical (unpaired) electrons. The van der Waals surface area contributed by atoms with Gasteiger partial charge in [0.2, 0.25) is 0 Å². The van der Waals surface area contributed by atoms with Crippen LogP contribution in [0.1, 0.15) is 0 Å². The maximum atomic E-state index is 2.33. The standard InChI is InChI=1S/C40H26.C20H12/c1-3-11-31-25-33(23-19-27(31)9-1)29-17-21-30(22-18-29)39-35-13-5-7-15-37(35)40(38-16-8-6-14-36(38)39)34-24-20-28-10-2-4-12-32(28)26-34;1-5-13-6-2-11-17-18-12-4-8-14-7-3-10-16(20(14)18)15(9-1)19(13)17/h1-26H;1-12H. The van der Waals surface area contributed by atoms with Gasteiger partial charge in [0.05, 0.1) is 0 Å². The van der Waals surface area contributed by atoms with Crippen LogP contribution in [-0.2, 0) is 0 Å². The number of rotatable bonds is 3. The van der Waals surface area contributed by atoms with E-state index in [2.05, 4.69) is 231 Å². The smallest absolute Gasteiger partial charge is 0.00262 e. The van der Waals surface area contributed by atoms with Crippen LogP contribution < -0.4 is 0 Å². The van der Waals surface area contributed by atoms with Crippen molar-refractivity contribution in [2.75, 3.05) is 0 Å². The van der Waals surface area contributed by atoms with Crippen LogP contribution in [0.25, 0.3) is 120 Å². The molecule has 278 valence electrons. The van der Waals surface area contributed by atoms with Gasteiger partial charge in [0.15, 0.2) is 0 Å². The normalized spacial score (nSPS) is 11.7. The summed E-state index contributed by atoms with van der Waals surface area (Å²) in [7, 11) is 0. The Labute approximate surface area is 348 Å². The molecule has 0 atom stereocenters. The Morgan fingerprint density at radius 1 is 0.167 bits per heavy atom. The minimum atomic E-state index is 1.23. The lowest BCUT2D eigenvalue weighted by atomic mass is 9.85. The molecule has 0 spiro atoms. The molecule has 0 aliphatic carbocycles. The van der Waals surface area contributed by atoms with Gasteiger partial charge in [-0.2, -0.15) is 0 Å². The van der Waals surface area contributed by atoms with E-state index in [1.165, 1.54) is 120 Å². The largest absolute Gasteiger partial charge is 0.0616 e. The summed E-state index contributed by atoms with van der Waals surface area (Å²) in [6.07, 6.45) is 0. The van der Waals surface area contributed by atoms with Crippen LogP contribution >= 0.6 is 0 Å². The summed E-state index contributed by atoms with van der Waals surface area (Å²) in [5.41, 5.74) is 7.56. The van der Waals surface area contributed by atoms with Gasteiger partial charge in [-0.25, -0.2) is 0 Å². The molecule has 0 heteroatoms. The van der Waals surface area contributed by atoms with Crippen LogP contribution in [0.4, 0.5) is 0 Å². The van der Waals surface area contributed by atoms with Crippen LogP contribution in [0.5, 0.6) is 0 Å². The molecule has 0 heterocycles. The summed E-state index contributed by atoms with van der Waals surface area (Å²) in [4.78, 5) is 0. The van der Waals surface area contributed by atoms with Crippen molar-refractivity contribution in [3.63, 3.8) is 0 Å². The van der Waals surface area contributed by atoms with Crippen molar-refractivity contribution in [2.45, 2.75) is 0 Å². The number of benzene rings is 13. The van der Waals surface area contributed by atoms with Gasteiger partial charge in [0.1, 0.15) is 0 Å². The van der Waals surface area contributed by atoms with Gasteiger partial charge in [-0.1, -0.05) is 218 Å². The van der Waals surface area contributed by atoms with Crippen molar-refractivity contribution in [2.24, 2.45) is 0 Å². The van der Waals surface area contributed by atoms with Gasteiger partial charge < -0.3 is 0 Å². The maximum Gasteiger partial charge on any atom is -0.00262 e. The molecule has 0 unspecified atom stereocenters. The SMILES string of the molecule is c1cc2cccc3c4cccc5cccc(c(c1)c23)c54.c1ccc2cc(-c3ccc(-c4c5ccccc5c(-c5ccc6ccccc6c5)c5ccccc45)cc3)ccc2c1. The van der Waals surface area contributed by atoms with E-state index in [-0.39, 0.29) is 0 Å². The Balaban J connectivity index is 0.000000161. The summed E-state index contributed by atoms with van der Waals surface area (Å²) in [5, 5.41) is 21.1. The lowest BCUT2D eigenvalue weighted by Gasteiger charge is -2.18. The van der Waals surface area contributed by atoms with Crippen LogP contribution in [0.3, 0.4) is 0 Å². The van der Waals surface area contributed by atoms with Crippen molar-refractivity contribution in [1.29, 1.82) is 0 Å². The Morgan fingerprint density at radius 3 is 0.917 bits per heavy atom. The Bertz CT molecular complexity index is 3530. The van der Waals surface area contributed by atoms with E-state index >= 15 is 0 Å². The van der Waals surface area contributed by atoms with Crippen molar-refractivity contribution in [1.82, 2.24) is 0 Å². The highest BCUT2D eigenvalue weighted by atomic mass is 14.2. The van der Waals surface area contributed by atoms with Gasteiger partial charge in [-0.3, -0.25) is 0 Å². The summed E-state index contributed by atoms with van der Waals surface area (Å²) in [6.45, 7) is 0. The second-order valence-corrected chi connectivity index (χ2v) is 16.0. The van der Waals surface area contributed by atoms with Crippen LogP contribution in [0, 0.1) is 0 Å². The van der Waals surface area contributed by atoms with E-state index in [1.807, 2.05) is 0 Å². The monoisotopic (exact) mass is 758 g/mol. The zero-order valence-corrected chi connectivity index (χ0v) is 32.9. The third kappa shape index (κ3) is 5.53. The van der Waals surface area contributed by atoms with E-state index in [0.29, 0.717) is 0 Å². The Morgan fingerprint density at radius 2 is 0.467 bits per heavy atom. The number of hydrogen-bond donors (Lipinski definition) is 0. The predicted octanol–water partition coefficient (Wildman–Crippen LogP) is 17.0. The minimum absolute atomic E-state index is 1.23. The highest BCUT2D eigenvalue weighted by Gasteiger charge is 2.17. The molecular formula is C60H38. The van der Waals surface area contributed by atoms with Crippen molar-refractivity contribution < 1.29 is 0 Å². The van der Waals surface area contributed by atoms with E-state index < -0.39 is 0 Å². The Kier molecular flexibility index (Phi) is 7.96. The molecule has 0 aliphatic rings. The molecule has 0 amide bonds. The average Bonchev–Trinajstić information content (AvgIpc) is 3.32. The lowest BCUT2D eigenvalue weighted by Crippen LogP contribution is -1.91. The van der Waals surface area contributed by atoms with E-state index in [4.69, 9.17) is 0 Å². The zero-order chi connectivity index (χ0) is 39.6. The fraction of sp³-hybridized carbons (Fsp3) is 0. The third-order valence-electron chi connectivity index (χ3n) is 12.6. The highest BCUT2D eigenvalue weighted by molar-refractivity contribution is 6.32. The second-order valence-electron chi connectivity index (χ2n) is 16.0. The van der Waals surface area contributed by atoms with Crippen LogP contribution in [0.15, 0.2) is 231 Å². The third-order valence-corrected chi connectivity index (χ3v) is 12.6. The van der Waals surface area contributed by atoms with E-state index in [9.17, 15) is 0 Å². The molecule has 60 heavy (non-hydrogen) atoms. The molecular weight excluding hydrogens is 721 g/mol. The zero-order valence-electron chi connectivity index (χ0n) is 32.9. The van der Waals surface area contributed by atoms with Gasteiger partial charge >= 0.3 is 0 Å². The molecule has 0 aliphatic heterocycles. The first-order valence-corrected chi connectivity index (χ1v) is 20.8. The highest BCUT2D eigenvalue weighted by Crippen LogP contribution is 2.45. The fourth-order valence-corrected chi connectivity index (χ4v) is 9.87. The molecule has 0 aromatic heterocycles. The second kappa shape index (κ2) is 13.9. The maximum absolute atomic E-state index is 2.33. The molecule has 0 saturated heterocycles. The first-order chi connectivity index (χ1) is 29.8. The molecule has 0 saturated carbocycles. The first kappa shape index (κ1) is 34.3. The topological polar surface area (TPSA) is 0 Å². The molecule has 0 nitrogen and oxygen atoms in total. The molecule has 0 fully saturated rings. The van der Waals surface area contributed by atoms with Crippen LogP contribution in [0.2, 0.25) is 0 Å². The summed E-state index contributed by atoms with van der Waals surface area (Å²) < 4.78 is 0. The molecule has 13 rings (SSSR count). The van der Waals surface area contributed by atoms with Crippen LogP contribution in [-0.4, -0.2) is 0 Å². The molecule has 0 bridgehead atoms. The minimum Gasteiger partial charge on any atom is -0.0616 e. The summed E-state index contributed by atoms with van der Waals surface area (Å²) in [5.74, 6) is 0. The molecule has 13 aromatic rings. The van der Waals surface area contributed by atoms with Crippen molar-refractivity contribution >= 4 is 86.2 Å². The average molecular weight is 759 g/mol. The van der Waals surface area contributed by atoms with Crippen molar-refractivity contribution in [3.05, 3.63) is 231 Å². The van der Waals surface area contributed by atoms with E-state index in [1.54, 1.807) is 0 Å². The molecule has 13 aromatic carbocycles. The Hall–Kier alpha value is -7.80. The quantitative estimate of drug-likeness (QED) is 0.124. The lowest BCUT2D eigenvalue weighted by molar-refractivity contribution is 1.63. The fourth-order valence-electron chi connectivity index (χ4n) is 9.87. The predicted molar refractivity (Wildman–Crippen MR) is 260 cm³/mol. The van der Waals surface area contributed by atoms with Crippen molar-refractivity contribution in [3.8, 4) is 33.4 Å². The van der Waals surface area contributed by atoms with Gasteiger partial charge in [-0.05, 0) is 132 Å². The number of hydrogen-bond acceptors (Lipinski definition) is 0. The van der Waals surface area contributed by atoms with Gasteiger partial charge in [-0.15, -0.1) is 0 Å². The summed E-state index contributed by atoms with van der Waals surface area (Å²) >= 11 is 0. The number of fused-ring (bicyclic) bond motifs is 6.